The maximum Gasteiger partial charge on any atom is 0.109 e. The topological polar surface area (TPSA) is 39.1 Å². The van der Waals surface area contributed by atoms with Crippen molar-refractivity contribution in [3.63, 3.8) is 0 Å². The van der Waals surface area contributed by atoms with E-state index < -0.39 is 0 Å². The van der Waals surface area contributed by atoms with E-state index in [-0.39, 0.29) is 5.54 Å². The maximum atomic E-state index is 9.56. The first-order valence-corrected chi connectivity index (χ1v) is 7.42. The minimum atomic E-state index is -0.242. The molecule has 0 radical (unpaired) electrons. The quantitative estimate of drug-likeness (QED) is 0.756. The zero-order chi connectivity index (χ0) is 13.6. The Hall–Kier alpha value is -0.590. The molecule has 2 unspecified atom stereocenters. The summed E-state index contributed by atoms with van der Waals surface area (Å²) in [6, 6.07) is 3.17. The number of nitrogens with one attached hydrogen (secondary N) is 1. The summed E-state index contributed by atoms with van der Waals surface area (Å²) in [5.74, 6) is 0.523. The first-order valence-electron chi connectivity index (χ1n) is 7.42. The lowest BCUT2D eigenvalue weighted by atomic mass is 9.85. The Morgan fingerprint density at radius 3 is 2.78 bits per heavy atom. The first kappa shape index (κ1) is 15.5. The van der Waals surface area contributed by atoms with E-state index in [9.17, 15) is 5.26 Å². The average molecular weight is 251 g/mol. The van der Waals surface area contributed by atoms with Crippen LogP contribution in [-0.2, 0) is 0 Å². The average Bonchev–Trinajstić information content (AvgIpc) is 2.76. The van der Waals surface area contributed by atoms with E-state index in [0.717, 1.165) is 32.4 Å². The van der Waals surface area contributed by atoms with Gasteiger partial charge in [-0.3, -0.25) is 5.32 Å². The van der Waals surface area contributed by atoms with Crippen LogP contribution in [0.4, 0.5) is 0 Å². The number of rotatable bonds is 7. The molecule has 3 heteroatoms. The van der Waals surface area contributed by atoms with E-state index >= 15 is 0 Å². The summed E-state index contributed by atoms with van der Waals surface area (Å²) in [7, 11) is 2.17. The van der Waals surface area contributed by atoms with Gasteiger partial charge in [0.2, 0.25) is 0 Å². The second-order valence-electron chi connectivity index (χ2n) is 5.96. The second-order valence-corrected chi connectivity index (χ2v) is 5.96. The van der Waals surface area contributed by atoms with Crippen molar-refractivity contribution in [3.8, 4) is 6.07 Å². The van der Waals surface area contributed by atoms with Gasteiger partial charge in [0.25, 0.3) is 0 Å². The van der Waals surface area contributed by atoms with Crippen LogP contribution in [0.15, 0.2) is 0 Å². The molecule has 0 aromatic rings. The summed E-state index contributed by atoms with van der Waals surface area (Å²) in [6.07, 6.45) is 5.66. The third kappa shape index (κ3) is 3.70. The van der Waals surface area contributed by atoms with Crippen molar-refractivity contribution >= 4 is 0 Å². The highest BCUT2D eigenvalue weighted by Gasteiger charge is 2.42. The summed E-state index contributed by atoms with van der Waals surface area (Å²) in [5, 5.41) is 13.1. The molecule has 0 spiro atoms. The van der Waals surface area contributed by atoms with Crippen molar-refractivity contribution in [2.45, 2.75) is 64.5 Å². The molecule has 0 amide bonds. The van der Waals surface area contributed by atoms with E-state index in [0.29, 0.717) is 12.0 Å². The Morgan fingerprint density at radius 1 is 1.50 bits per heavy atom. The number of nitriles is 1. The van der Waals surface area contributed by atoms with Gasteiger partial charge in [0.05, 0.1) is 6.07 Å². The minimum absolute atomic E-state index is 0.242. The van der Waals surface area contributed by atoms with Crippen molar-refractivity contribution in [3.05, 3.63) is 0 Å². The molecule has 104 valence electrons. The number of hydrogen-bond donors (Lipinski definition) is 1. The fourth-order valence-corrected chi connectivity index (χ4v) is 2.85. The lowest BCUT2D eigenvalue weighted by Gasteiger charge is -2.32. The van der Waals surface area contributed by atoms with Crippen molar-refractivity contribution < 1.29 is 0 Å². The molecular weight excluding hydrogens is 222 g/mol. The van der Waals surface area contributed by atoms with Crippen molar-refractivity contribution in [1.82, 2.24) is 10.2 Å². The van der Waals surface area contributed by atoms with Gasteiger partial charge in [0.1, 0.15) is 5.54 Å². The summed E-state index contributed by atoms with van der Waals surface area (Å²) < 4.78 is 0. The van der Waals surface area contributed by atoms with Crippen LogP contribution in [-0.4, -0.2) is 36.6 Å². The van der Waals surface area contributed by atoms with E-state index in [1.54, 1.807) is 0 Å². The van der Waals surface area contributed by atoms with Gasteiger partial charge < -0.3 is 4.90 Å². The molecule has 1 aliphatic carbocycles. The minimum Gasteiger partial charge on any atom is -0.304 e. The van der Waals surface area contributed by atoms with Gasteiger partial charge in [-0.15, -0.1) is 0 Å². The molecule has 18 heavy (non-hydrogen) atoms. The van der Waals surface area contributed by atoms with Crippen LogP contribution in [0.1, 0.15) is 52.9 Å². The van der Waals surface area contributed by atoms with Gasteiger partial charge in [-0.2, -0.15) is 5.26 Å². The predicted molar refractivity (Wildman–Crippen MR) is 76.4 cm³/mol. The summed E-state index contributed by atoms with van der Waals surface area (Å²) in [5.41, 5.74) is -0.242. The molecule has 0 saturated heterocycles. The number of hydrogen-bond acceptors (Lipinski definition) is 3. The van der Waals surface area contributed by atoms with Crippen LogP contribution in [0.3, 0.4) is 0 Å². The summed E-state index contributed by atoms with van der Waals surface area (Å²) in [6.45, 7) is 8.67. The Kier molecular flexibility index (Phi) is 6.11. The van der Waals surface area contributed by atoms with Crippen LogP contribution in [0.5, 0.6) is 0 Å². The highest BCUT2D eigenvalue weighted by Crippen LogP contribution is 2.37. The smallest absolute Gasteiger partial charge is 0.109 e. The van der Waals surface area contributed by atoms with Crippen molar-refractivity contribution in [2.75, 3.05) is 20.1 Å². The fraction of sp³-hybridized carbons (Fsp3) is 0.933. The van der Waals surface area contributed by atoms with Gasteiger partial charge in [-0.1, -0.05) is 13.3 Å². The molecule has 1 aliphatic rings. The van der Waals surface area contributed by atoms with Crippen LogP contribution in [0.25, 0.3) is 0 Å². The molecule has 0 heterocycles. The van der Waals surface area contributed by atoms with Crippen LogP contribution >= 0.6 is 0 Å². The molecule has 0 aromatic carbocycles. The van der Waals surface area contributed by atoms with Gasteiger partial charge in [-0.25, -0.2) is 0 Å². The van der Waals surface area contributed by atoms with Crippen LogP contribution < -0.4 is 5.32 Å². The van der Waals surface area contributed by atoms with E-state index in [1.807, 2.05) is 0 Å². The lowest BCUT2D eigenvalue weighted by molar-refractivity contribution is 0.222. The molecule has 1 rings (SSSR count). The van der Waals surface area contributed by atoms with E-state index in [1.165, 1.54) is 12.8 Å². The molecule has 1 fully saturated rings. The third-order valence-corrected chi connectivity index (χ3v) is 4.42. The van der Waals surface area contributed by atoms with E-state index in [2.05, 4.69) is 44.1 Å². The fourth-order valence-electron chi connectivity index (χ4n) is 2.85. The Bertz CT molecular complexity index is 282. The monoisotopic (exact) mass is 251 g/mol. The van der Waals surface area contributed by atoms with Crippen LogP contribution in [0.2, 0.25) is 0 Å². The first-order chi connectivity index (χ1) is 8.55. The molecular formula is C15H29N3. The largest absolute Gasteiger partial charge is 0.304 e. The van der Waals surface area contributed by atoms with Gasteiger partial charge in [0.15, 0.2) is 0 Å². The highest BCUT2D eigenvalue weighted by molar-refractivity contribution is 5.14. The van der Waals surface area contributed by atoms with Crippen molar-refractivity contribution in [2.24, 2.45) is 5.92 Å². The molecule has 1 N–H and O–H groups in total. The Labute approximate surface area is 113 Å². The molecule has 0 aliphatic heterocycles. The highest BCUT2D eigenvalue weighted by atomic mass is 15.1. The lowest BCUT2D eigenvalue weighted by Crippen LogP contribution is -2.48. The van der Waals surface area contributed by atoms with Gasteiger partial charge in [0, 0.05) is 6.04 Å². The molecule has 2 atom stereocenters. The van der Waals surface area contributed by atoms with E-state index in [4.69, 9.17) is 0 Å². The summed E-state index contributed by atoms with van der Waals surface area (Å²) in [4.78, 5) is 2.38. The Morgan fingerprint density at radius 2 is 2.22 bits per heavy atom. The molecule has 1 saturated carbocycles. The normalized spacial score (nSPS) is 27.9. The SMILES string of the molecule is CCCNC1(C#N)CCCC1CCN(C)C(C)C. The van der Waals surface area contributed by atoms with Crippen LogP contribution in [0, 0.1) is 17.2 Å². The number of nitrogens with zero attached hydrogens (tertiary/aromatic N) is 2. The zero-order valence-corrected chi connectivity index (χ0v) is 12.5. The van der Waals surface area contributed by atoms with Gasteiger partial charge in [-0.05, 0) is 65.6 Å². The van der Waals surface area contributed by atoms with Crippen molar-refractivity contribution in [1.29, 1.82) is 5.26 Å². The zero-order valence-electron chi connectivity index (χ0n) is 12.5. The summed E-state index contributed by atoms with van der Waals surface area (Å²) >= 11 is 0. The second kappa shape index (κ2) is 7.11. The molecule has 3 nitrogen and oxygen atoms in total. The predicted octanol–water partition coefficient (Wildman–Crippen LogP) is 2.78. The standard InChI is InChI=1S/C15H29N3/c1-5-10-17-15(12-16)9-6-7-14(15)8-11-18(4)13(2)3/h13-14,17H,5-11H2,1-4H3. The molecule has 0 aromatic heterocycles. The maximum absolute atomic E-state index is 9.56. The van der Waals surface area contributed by atoms with Gasteiger partial charge >= 0.3 is 0 Å². The molecule has 0 bridgehead atoms. The third-order valence-electron chi connectivity index (χ3n) is 4.42. The Balaban J connectivity index is 2.55.